The summed E-state index contributed by atoms with van der Waals surface area (Å²) in [6, 6.07) is 11.7. The number of rotatable bonds is 6. The Morgan fingerprint density at radius 2 is 1.84 bits per heavy atom. The van der Waals surface area contributed by atoms with E-state index in [4.69, 9.17) is 9.16 Å². The Bertz CT molecular complexity index is 895. The lowest BCUT2D eigenvalue weighted by atomic mass is 9.77. The van der Waals surface area contributed by atoms with Gasteiger partial charge in [0.15, 0.2) is 8.32 Å². The number of hydrogen-bond acceptors (Lipinski definition) is 4. The van der Waals surface area contributed by atoms with E-state index in [2.05, 4.69) is 51.1 Å². The van der Waals surface area contributed by atoms with Crippen molar-refractivity contribution >= 4 is 20.1 Å². The molecule has 3 atom stereocenters. The van der Waals surface area contributed by atoms with Crippen molar-refractivity contribution in [3.8, 4) is 0 Å². The Morgan fingerprint density at radius 3 is 2.53 bits per heavy atom. The standard InChI is InChI=1S/C26H38N2O3Si/c1-19-14-21(16-22(15-19)31-32(5,6)26(2,3)4)23-12-13-27-17-24(23)28-25(29)30-18-20-10-8-7-9-11-20/h7-13,17,19,21-22H,14-16,18H2,1-6H3,(H,28,29). The number of hydrogen-bond donors (Lipinski definition) is 1. The third kappa shape index (κ3) is 6.42. The van der Waals surface area contributed by atoms with Gasteiger partial charge in [-0.15, -0.1) is 0 Å². The molecule has 1 fully saturated rings. The van der Waals surface area contributed by atoms with Crippen LogP contribution in [0.2, 0.25) is 18.1 Å². The number of anilines is 1. The van der Waals surface area contributed by atoms with E-state index in [0.29, 0.717) is 11.8 Å². The number of nitrogens with one attached hydrogen (secondary N) is 1. The van der Waals surface area contributed by atoms with Gasteiger partial charge >= 0.3 is 6.09 Å². The first-order valence-corrected chi connectivity index (χ1v) is 14.6. The highest BCUT2D eigenvalue weighted by atomic mass is 28.4. The zero-order valence-electron chi connectivity index (χ0n) is 20.4. The molecule has 3 unspecified atom stereocenters. The van der Waals surface area contributed by atoms with Crippen LogP contribution in [0.25, 0.3) is 0 Å². The van der Waals surface area contributed by atoms with Gasteiger partial charge in [0.1, 0.15) is 6.61 Å². The second kappa shape index (κ2) is 10.2. The number of pyridine rings is 1. The first-order valence-electron chi connectivity index (χ1n) is 11.6. The summed E-state index contributed by atoms with van der Waals surface area (Å²) in [6.07, 6.45) is 6.46. The Balaban J connectivity index is 1.68. The first kappa shape index (κ1) is 24.5. The van der Waals surface area contributed by atoms with Crippen molar-refractivity contribution in [2.24, 2.45) is 5.92 Å². The minimum absolute atomic E-state index is 0.190. The molecule has 1 aromatic heterocycles. The van der Waals surface area contributed by atoms with Gasteiger partial charge in [-0.3, -0.25) is 10.3 Å². The maximum atomic E-state index is 12.5. The molecule has 0 radical (unpaired) electrons. The monoisotopic (exact) mass is 454 g/mol. The van der Waals surface area contributed by atoms with Gasteiger partial charge in [0.25, 0.3) is 0 Å². The van der Waals surface area contributed by atoms with Crippen molar-refractivity contribution in [1.29, 1.82) is 0 Å². The minimum atomic E-state index is -1.84. The average molecular weight is 455 g/mol. The maximum absolute atomic E-state index is 12.5. The van der Waals surface area contributed by atoms with E-state index in [-0.39, 0.29) is 17.7 Å². The van der Waals surface area contributed by atoms with Crippen LogP contribution in [0.4, 0.5) is 10.5 Å². The van der Waals surface area contributed by atoms with Gasteiger partial charge < -0.3 is 9.16 Å². The molecule has 2 aromatic rings. The van der Waals surface area contributed by atoms with Crippen molar-refractivity contribution in [2.45, 2.75) is 83.7 Å². The van der Waals surface area contributed by atoms with Crippen molar-refractivity contribution in [1.82, 2.24) is 4.98 Å². The van der Waals surface area contributed by atoms with E-state index >= 15 is 0 Å². The Hall–Kier alpha value is -2.18. The summed E-state index contributed by atoms with van der Waals surface area (Å²) in [4.78, 5) is 16.7. The van der Waals surface area contributed by atoms with E-state index < -0.39 is 14.4 Å². The molecule has 1 amide bonds. The molecule has 1 N–H and O–H groups in total. The Morgan fingerprint density at radius 1 is 1.12 bits per heavy atom. The fraction of sp³-hybridized carbons (Fsp3) is 0.538. The highest BCUT2D eigenvalue weighted by molar-refractivity contribution is 6.74. The van der Waals surface area contributed by atoms with Crippen LogP contribution in [0.5, 0.6) is 0 Å². The molecular formula is C26H38N2O3Si. The van der Waals surface area contributed by atoms with Crippen LogP contribution in [-0.2, 0) is 15.8 Å². The third-order valence-electron chi connectivity index (χ3n) is 6.91. The van der Waals surface area contributed by atoms with E-state index in [0.717, 1.165) is 36.1 Å². The zero-order valence-corrected chi connectivity index (χ0v) is 21.4. The molecule has 0 saturated heterocycles. The SMILES string of the molecule is CC1CC(O[Si](C)(C)C(C)(C)C)CC(c2ccncc2NC(=O)OCc2ccccc2)C1. The quantitative estimate of drug-likeness (QED) is 0.472. The van der Waals surface area contributed by atoms with Crippen molar-refractivity contribution < 1.29 is 14.0 Å². The van der Waals surface area contributed by atoms with Gasteiger partial charge in [-0.2, -0.15) is 0 Å². The molecule has 0 aliphatic heterocycles. The van der Waals surface area contributed by atoms with Gasteiger partial charge in [0.2, 0.25) is 0 Å². The summed E-state index contributed by atoms with van der Waals surface area (Å²) < 4.78 is 12.2. The van der Waals surface area contributed by atoms with Crippen LogP contribution in [-0.4, -0.2) is 25.5 Å². The zero-order chi connectivity index (χ0) is 23.4. The average Bonchev–Trinajstić information content (AvgIpc) is 2.72. The van der Waals surface area contributed by atoms with E-state index in [1.54, 1.807) is 12.4 Å². The third-order valence-corrected chi connectivity index (χ3v) is 11.4. The highest BCUT2D eigenvalue weighted by Gasteiger charge is 2.41. The highest BCUT2D eigenvalue weighted by Crippen LogP contribution is 2.44. The summed E-state index contributed by atoms with van der Waals surface area (Å²) >= 11 is 0. The van der Waals surface area contributed by atoms with E-state index in [1.807, 2.05) is 36.4 Å². The molecule has 1 aromatic carbocycles. The predicted octanol–water partition coefficient (Wildman–Crippen LogP) is 7.12. The maximum Gasteiger partial charge on any atom is 0.412 e. The van der Waals surface area contributed by atoms with Gasteiger partial charge in [-0.1, -0.05) is 58.0 Å². The summed E-state index contributed by atoms with van der Waals surface area (Å²) in [5.74, 6) is 0.885. The lowest BCUT2D eigenvalue weighted by Crippen LogP contribution is -2.45. The molecule has 0 bridgehead atoms. The fourth-order valence-electron chi connectivity index (χ4n) is 4.22. The van der Waals surface area contributed by atoms with E-state index in [9.17, 15) is 4.79 Å². The van der Waals surface area contributed by atoms with Crippen molar-refractivity contribution in [3.05, 3.63) is 59.9 Å². The van der Waals surface area contributed by atoms with Crippen LogP contribution in [0, 0.1) is 5.92 Å². The summed E-state index contributed by atoms with van der Waals surface area (Å²) in [5.41, 5.74) is 2.81. The van der Waals surface area contributed by atoms with Crippen LogP contribution in [0.1, 0.15) is 64.0 Å². The largest absolute Gasteiger partial charge is 0.444 e. The smallest absolute Gasteiger partial charge is 0.412 e. The van der Waals surface area contributed by atoms with Gasteiger partial charge in [0, 0.05) is 12.3 Å². The number of carbonyl (C=O) groups is 1. The molecule has 1 heterocycles. The number of nitrogens with zero attached hydrogens (tertiary/aromatic N) is 1. The number of carbonyl (C=O) groups excluding carboxylic acids is 1. The molecule has 6 heteroatoms. The molecular weight excluding hydrogens is 416 g/mol. The fourth-order valence-corrected chi connectivity index (χ4v) is 5.60. The van der Waals surface area contributed by atoms with Gasteiger partial charge in [-0.25, -0.2) is 4.79 Å². The number of ether oxygens (including phenoxy) is 1. The summed E-state index contributed by atoms with van der Waals surface area (Å²) in [5, 5.41) is 3.11. The lowest BCUT2D eigenvalue weighted by molar-refractivity contribution is 0.103. The summed E-state index contributed by atoms with van der Waals surface area (Å²) in [6.45, 7) is 14.0. The molecule has 0 spiro atoms. The first-order chi connectivity index (χ1) is 15.0. The molecule has 174 valence electrons. The van der Waals surface area contributed by atoms with E-state index in [1.165, 1.54) is 0 Å². The molecule has 1 aliphatic rings. The molecule has 1 saturated carbocycles. The molecule has 3 rings (SSSR count). The molecule has 5 nitrogen and oxygen atoms in total. The predicted molar refractivity (Wildman–Crippen MR) is 132 cm³/mol. The molecule has 32 heavy (non-hydrogen) atoms. The Kier molecular flexibility index (Phi) is 7.78. The molecule has 1 aliphatic carbocycles. The topological polar surface area (TPSA) is 60.5 Å². The van der Waals surface area contributed by atoms with Crippen molar-refractivity contribution in [3.63, 3.8) is 0 Å². The normalized spacial score (nSPS) is 21.8. The van der Waals surface area contributed by atoms with Crippen molar-refractivity contribution in [2.75, 3.05) is 5.32 Å². The second-order valence-electron chi connectivity index (χ2n) is 10.7. The Labute approximate surface area is 194 Å². The second-order valence-corrected chi connectivity index (χ2v) is 15.4. The van der Waals surface area contributed by atoms with Gasteiger partial charge in [-0.05, 0) is 66.4 Å². The lowest BCUT2D eigenvalue weighted by Gasteiger charge is -2.43. The number of benzene rings is 1. The van der Waals surface area contributed by atoms with Gasteiger partial charge in [0.05, 0.1) is 11.9 Å². The van der Waals surface area contributed by atoms with Crippen LogP contribution in [0.15, 0.2) is 48.8 Å². The number of aromatic nitrogens is 1. The minimum Gasteiger partial charge on any atom is -0.444 e. The number of amides is 1. The summed E-state index contributed by atoms with van der Waals surface area (Å²) in [7, 11) is -1.84. The van der Waals surface area contributed by atoms with Crippen LogP contribution in [0.3, 0.4) is 0 Å². The van der Waals surface area contributed by atoms with Crippen LogP contribution < -0.4 is 5.32 Å². The van der Waals surface area contributed by atoms with Crippen LogP contribution >= 0.6 is 0 Å².